The average molecular weight is 605 g/mol. The van der Waals surface area contributed by atoms with Crippen LogP contribution in [-0.2, 0) is 4.79 Å². The summed E-state index contributed by atoms with van der Waals surface area (Å²) in [6.45, 7) is 10.1. The van der Waals surface area contributed by atoms with Gasteiger partial charge in [-0.15, -0.1) is 0 Å². The largest absolute Gasteiger partial charge is 0.507 e. The van der Waals surface area contributed by atoms with Crippen LogP contribution in [-0.4, -0.2) is 62.7 Å². The molecule has 44 heavy (non-hydrogen) atoms. The Labute approximate surface area is 251 Å². The van der Waals surface area contributed by atoms with Gasteiger partial charge in [0.05, 0.1) is 33.6 Å². The summed E-state index contributed by atoms with van der Waals surface area (Å²) in [6, 6.07) is 4.71. The number of halogens is 3. The zero-order valence-corrected chi connectivity index (χ0v) is 24.5. The van der Waals surface area contributed by atoms with Crippen molar-refractivity contribution in [2.75, 3.05) is 36.4 Å². The number of carbonyl (C=O) groups is 1. The van der Waals surface area contributed by atoms with Crippen LogP contribution < -0.4 is 15.9 Å². The Kier molecular flexibility index (Phi) is 7.30. The van der Waals surface area contributed by atoms with Crippen molar-refractivity contribution >= 4 is 28.3 Å². The summed E-state index contributed by atoms with van der Waals surface area (Å²) in [5.41, 5.74) is -1.46. The van der Waals surface area contributed by atoms with Gasteiger partial charge in [-0.05, 0) is 49.1 Å². The molecule has 1 unspecified atom stereocenters. The van der Waals surface area contributed by atoms with E-state index in [0.717, 1.165) is 16.7 Å². The summed E-state index contributed by atoms with van der Waals surface area (Å²) in [6.07, 6.45) is 3.24. The van der Waals surface area contributed by atoms with Crippen molar-refractivity contribution in [2.24, 2.45) is 0 Å². The predicted molar refractivity (Wildman–Crippen MR) is 162 cm³/mol. The number of piperazine rings is 1. The van der Waals surface area contributed by atoms with E-state index in [-0.39, 0.29) is 65.6 Å². The Morgan fingerprint density at radius 3 is 2.64 bits per heavy atom. The van der Waals surface area contributed by atoms with Gasteiger partial charge in [-0.2, -0.15) is 4.98 Å². The fraction of sp³-hybridized carbons (Fsp3) is 0.312. The number of benzene rings is 2. The molecule has 2 aromatic heterocycles. The fourth-order valence-electron chi connectivity index (χ4n) is 6.32. The second-order valence-corrected chi connectivity index (χ2v) is 11.4. The number of fused-ring (bicyclic) bond motifs is 2. The molecule has 1 saturated heterocycles. The Hall–Kier alpha value is -4.87. The number of aryl methyl sites for hydroxylation is 1. The molecule has 2 aromatic carbocycles. The molecule has 2 aliphatic heterocycles. The third-order valence-corrected chi connectivity index (χ3v) is 8.38. The summed E-state index contributed by atoms with van der Waals surface area (Å²) in [7, 11) is 0. The predicted octanol–water partition coefficient (Wildman–Crippen LogP) is 5.02. The highest BCUT2D eigenvalue weighted by Crippen LogP contribution is 2.46. The average Bonchev–Trinajstić information content (AvgIpc) is 2.98. The molecule has 0 bridgehead atoms. The third-order valence-electron chi connectivity index (χ3n) is 8.38. The molecule has 6 rings (SSSR count). The number of aromatic nitrogens is 3. The van der Waals surface area contributed by atoms with Crippen molar-refractivity contribution in [3.63, 3.8) is 0 Å². The Morgan fingerprint density at radius 1 is 1.16 bits per heavy atom. The van der Waals surface area contributed by atoms with Crippen molar-refractivity contribution in [3.05, 3.63) is 82.3 Å². The second kappa shape index (κ2) is 11.0. The maximum Gasteiger partial charge on any atom is 0.354 e. The minimum absolute atomic E-state index is 0.00895. The van der Waals surface area contributed by atoms with E-state index in [1.54, 1.807) is 24.1 Å². The van der Waals surface area contributed by atoms with Gasteiger partial charge in [0, 0.05) is 38.4 Å². The van der Waals surface area contributed by atoms with Crippen molar-refractivity contribution < 1.29 is 23.1 Å². The lowest BCUT2D eigenvalue weighted by atomic mass is 9.96. The van der Waals surface area contributed by atoms with Gasteiger partial charge < -0.3 is 20.2 Å². The second-order valence-electron chi connectivity index (χ2n) is 11.4. The highest BCUT2D eigenvalue weighted by Gasteiger charge is 2.37. The first-order chi connectivity index (χ1) is 21.0. The van der Waals surface area contributed by atoms with E-state index in [4.69, 9.17) is 0 Å². The molecule has 1 atom stereocenters. The topological polar surface area (TPSA) is 104 Å². The lowest BCUT2D eigenvalue weighted by Crippen LogP contribution is -2.56. The van der Waals surface area contributed by atoms with E-state index >= 15 is 13.2 Å². The minimum Gasteiger partial charge on any atom is -0.507 e. The van der Waals surface area contributed by atoms with Crippen LogP contribution >= 0.6 is 0 Å². The maximum absolute atomic E-state index is 17.1. The molecule has 0 aliphatic carbocycles. The first kappa shape index (κ1) is 29.2. The van der Waals surface area contributed by atoms with Gasteiger partial charge in [0.15, 0.2) is 11.6 Å². The molecule has 0 radical (unpaired) electrons. The van der Waals surface area contributed by atoms with Crippen LogP contribution in [0, 0.1) is 24.4 Å². The number of rotatable bonds is 4. The van der Waals surface area contributed by atoms with Crippen molar-refractivity contribution in [3.8, 4) is 22.6 Å². The molecule has 2 N–H and O–H groups in total. The highest BCUT2D eigenvalue weighted by atomic mass is 19.1. The van der Waals surface area contributed by atoms with Gasteiger partial charge in [-0.3, -0.25) is 14.3 Å². The van der Waals surface area contributed by atoms with Gasteiger partial charge in [0.2, 0.25) is 5.91 Å². The van der Waals surface area contributed by atoms with E-state index in [0.29, 0.717) is 24.2 Å². The highest BCUT2D eigenvalue weighted by molar-refractivity contribution is 6.05. The van der Waals surface area contributed by atoms with E-state index < -0.39 is 40.0 Å². The zero-order chi connectivity index (χ0) is 31.4. The van der Waals surface area contributed by atoms with Gasteiger partial charge >= 0.3 is 5.69 Å². The van der Waals surface area contributed by atoms with E-state index in [1.807, 2.05) is 18.7 Å². The molecular formula is C32H31F3N6O3. The van der Waals surface area contributed by atoms with Crippen molar-refractivity contribution in [2.45, 2.75) is 39.2 Å². The molecule has 1 fully saturated rings. The molecule has 4 heterocycles. The van der Waals surface area contributed by atoms with Gasteiger partial charge in [-0.1, -0.05) is 26.5 Å². The van der Waals surface area contributed by atoms with Crippen LogP contribution in [0.15, 0.2) is 47.9 Å². The number of phenolic OH excluding ortho intramolecular Hbond substituents is 1. The number of hydrogen-bond donors (Lipinski definition) is 2. The lowest BCUT2D eigenvalue weighted by molar-refractivity contribution is -0.126. The Balaban J connectivity index is 1.77. The molecule has 1 amide bonds. The smallest absolute Gasteiger partial charge is 0.354 e. The monoisotopic (exact) mass is 604 g/mol. The molecule has 2 aliphatic rings. The molecule has 0 spiro atoms. The number of hydrogen-bond acceptors (Lipinski definition) is 7. The normalized spacial score (nSPS) is 16.4. The van der Waals surface area contributed by atoms with E-state index in [1.165, 1.54) is 12.1 Å². The number of carbonyl (C=O) groups excluding carboxylic acids is 1. The van der Waals surface area contributed by atoms with E-state index in [9.17, 15) is 14.7 Å². The van der Waals surface area contributed by atoms with Crippen LogP contribution in [0.2, 0.25) is 0 Å². The maximum atomic E-state index is 17.1. The summed E-state index contributed by atoms with van der Waals surface area (Å²) in [4.78, 5) is 38.9. The first-order valence-electron chi connectivity index (χ1n) is 14.4. The van der Waals surface area contributed by atoms with Gasteiger partial charge in [0.25, 0.3) is 0 Å². The molecule has 0 saturated carbocycles. The molecule has 12 heteroatoms. The van der Waals surface area contributed by atoms with Crippen molar-refractivity contribution in [1.82, 2.24) is 19.4 Å². The lowest BCUT2D eigenvalue weighted by Gasteiger charge is -2.43. The molecular weight excluding hydrogens is 573 g/mol. The summed E-state index contributed by atoms with van der Waals surface area (Å²) >= 11 is 0. The van der Waals surface area contributed by atoms with Crippen LogP contribution in [0.5, 0.6) is 5.75 Å². The van der Waals surface area contributed by atoms with Crippen LogP contribution in [0.4, 0.5) is 24.7 Å². The number of phenols is 1. The summed E-state index contributed by atoms with van der Waals surface area (Å²) in [5, 5.41) is 13.7. The standard InChI is InChI=1S/C32H31F3N6O3/c1-5-21(43)39-13-14-40-18(15-39)10-12-37-28-24-30(26(35)23(25(28)34)22-19(33)7-6-8-20(22)42)41(32(44)38-31(24)40)29-17(4)9-11-36-27(29)16(2)3/h5-9,11,16,18,37,42H,1,10,12-15H2,2-4H3. The zero-order valence-electron chi connectivity index (χ0n) is 24.5. The van der Waals surface area contributed by atoms with E-state index in [2.05, 4.69) is 21.9 Å². The number of nitrogens with one attached hydrogen (secondary N) is 1. The molecule has 9 nitrogen and oxygen atoms in total. The number of amides is 1. The number of anilines is 2. The number of pyridine rings is 1. The van der Waals surface area contributed by atoms with Crippen LogP contribution in [0.1, 0.15) is 37.4 Å². The summed E-state index contributed by atoms with van der Waals surface area (Å²) in [5.74, 6) is -4.45. The minimum atomic E-state index is -1.24. The quantitative estimate of drug-likeness (QED) is 0.316. The Morgan fingerprint density at radius 2 is 1.93 bits per heavy atom. The van der Waals surface area contributed by atoms with Crippen molar-refractivity contribution in [1.29, 1.82) is 0 Å². The molecule has 4 aromatic rings. The number of nitrogens with zero attached hydrogens (tertiary/aromatic N) is 5. The molecule has 228 valence electrons. The fourth-order valence-corrected chi connectivity index (χ4v) is 6.32. The number of aromatic hydroxyl groups is 1. The van der Waals surface area contributed by atoms with Crippen LogP contribution in [0.25, 0.3) is 27.7 Å². The Bertz CT molecular complexity index is 1890. The first-order valence-corrected chi connectivity index (χ1v) is 14.4. The SMILES string of the molecule is C=CC(=O)N1CCN2c3nc(=O)n(-c4c(C)ccnc4C(C)C)c4c(F)c(-c5c(O)cccc5F)c(F)c(c34)NCCC2C1. The van der Waals surface area contributed by atoms with Crippen LogP contribution in [0.3, 0.4) is 0 Å². The van der Waals surface area contributed by atoms with Gasteiger partial charge in [-0.25, -0.2) is 18.0 Å². The van der Waals surface area contributed by atoms with Gasteiger partial charge in [0.1, 0.15) is 22.9 Å². The summed E-state index contributed by atoms with van der Waals surface area (Å²) < 4.78 is 50.0. The third kappa shape index (κ3) is 4.47.